The SMILES string of the molecule is CCc1nccn1Cc1cc(/C=C/c2ccc(OCC(CO)CO)cc2)on1. The first-order chi connectivity index (χ1) is 13.7. The summed E-state index contributed by atoms with van der Waals surface area (Å²) >= 11 is 0. The van der Waals surface area contributed by atoms with Gasteiger partial charge in [-0.05, 0) is 23.8 Å². The number of hydrogen-bond acceptors (Lipinski definition) is 6. The third-order valence-corrected chi connectivity index (χ3v) is 4.35. The van der Waals surface area contributed by atoms with Gasteiger partial charge in [0.1, 0.15) is 17.3 Å². The summed E-state index contributed by atoms with van der Waals surface area (Å²) in [6.45, 7) is 2.78. The molecule has 0 aliphatic heterocycles. The van der Waals surface area contributed by atoms with Crippen LogP contribution in [-0.2, 0) is 13.0 Å². The Bertz CT molecular complexity index is 879. The Hall–Kier alpha value is -2.90. The van der Waals surface area contributed by atoms with Gasteiger partial charge in [0, 0.05) is 30.8 Å². The lowest BCUT2D eigenvalue weighted by Crippen LogP contribution is -2.19. The highest BCUT2D eigenvalue weighted by atomic mass is 16.5. The smallest absolute Gasteiger partial charge is 0.160 e. The average Bonchev–Trinajstić information content (AvgIpc) is 3.37. The molecule has 3 aromatic rings. The van der Waals surface area contributed by atoms with E-state index < -0.39 is 0 Å². The molecular formula is C21H25N3O4. The van der Waals surface area contributed by atoms with Crippen molar-refractivity contribution >= 4 is 12.2 Å². The van der Waals surface area contributed by atoms with Crippen molar-refractivity contribution in [3.05, 3.63) is 65.6 Å². The Morgan fingerprint density at radius 3 is 2.68 bits per heavy atom. The van der Waals surface area contributed by atoms with E-state index in [9.17, 15) is 0 Å². The molecule has 0 radical (unpaired) electrons. The molecule has 2 N–H and O–H groups in total. The van der Waals surface area contributed by atoms with Gasteiger partial charge in [-0.1, -0.05) is 30.3 Å². The van der Waals surface area contributed by atoms with Crippen LogP contribution in [0, 0.1) is 5.92 Å². The van der Waals surface area contributed by atoms with Gasteiger partial charge in [-0.2, -0.15) is 0 Å². The second kappa shape index (κ2) is 9.87. The Kier molecular flexibility index (Phi) is 7.00. The summed E-state index contributed by atoms with van der Waals surface area (Å²) in [6.07, 6.45) is 8.41. The van der Waals surface area contributed by atoms with E-state index in [-0.39, 0.29) is 25.7 Å². The van der Waals surface area contributed by atoms with Crippen LogP contribution < -0.4 is 4.74 Å². The molecule has 0 atom stereocenters. The zero-order valence-corrected chi connectivity index (χ0v) is 15.9. The molecule has 2 heterocycles. The maximum Gasteiger partial charge on any atom is 0.160 e. The topological polar surface area (TPSA) is 93.5 Å². The summed E-state index contributed by atoms with van der Waals surface area (Å²) in [5.74, 6) is 2.13. The lowest BCUT2D eigenvalue weighted by molar-refractivity contribution is 0.106. The molecule has 1 aromatic carbocycles. The lowest BCUT2D eigenvalue weighted by Gasteiger charge is -2.12. The van der Waals surface area contributed by atoms with Gasteiger partial charge in [0.15, 0.2) is 5.76 Å². The molecule has 7 heteroatoms. The van der Waals surface area contributed by atoms with Crippen molar-refractivity contribution in [2.24, 2.45) is 5.92 Å². The maximum atomic E-state index is 9.06. The first kappa shape index (κ1) is 19.9. The van der Waals surface area contributed by atoms with Crippen molar-refractivity contribution in [3.63, 3.8) is 0 Å². The van der Waals surface area contributed by atoms with Crippen LogP contribution in [0.2, 0.25) is 0 Å². The van der Waals surface area contributed by atoms with Gasteiger partial charge in [-0.15, -0.1) is 0 Å². The van der Waals surface area contributed by atoms with Crippen molar-refractivity contribution < 1.29 is 19.5 Å². The highest BCUT2D eigenvalue weighted by Crippen LogP contribution is 2.16. The van der Waals surface area contributed by atoms with Crippen LogP contribution in [0.3, 0.4) is 0 Å². The van der Waals surface area contributed by atoms with Crippen LogP contribution in [0.1, 0.15) is 29.8 Å². The molecule has 2 aromatic heterocycles. The molecule has 28 heavy (non-hydrogen) atoms. The highest BCUT2D eigenvalue weighted by Gasteiger charge is 2.07. The first-order valence-electron chi connectivity index (χ1n) is 9.30. The zero-order chi connectivity index (χ0) is 19.8. The Labute approximate surface area is 163 Å². The monoisotopic (exact) mass is 383 g/mol. The molecule has 0 aliphatic carbocycles. The number of aryl methyl sites for hydroxylation is 1. The molecule has 0 amide bonds. The van der Waals surface area contributed by atoms with Gasteiger partial charge in [0.05, 0.1) is 26.4 Å². The zero-order valence-electron chi connectivity index (χ0n) is 15.9. The Morgan fingerprint density at radius 1 is 1.18 bits per heavy atom. The minimum atomic E-state index is -0.268. The number of ether oxygens (including phenoxy) is 1. The fourth-order valence-electron chi connectivity index (χ4n) is 2.68. The molecule has 0 saturated heterocycles. The third kappa shape index (κ3) is 5.31. The molecule has 148 valence electrons. The molecule has 0 unspecified atom stereocenters. The van der Waals surface area contributed by atoms with Crippen LogP contribution in [0.15, 0.2) is 47.2 Å². The Balaban J connectivity index is 1.56. The predicted molar refractivity (Wildman–Crippen MR) is 106 cm³/mol. The van der Waals surface area contributed by atoms with Crippen molar-refractivity contribution in [2.75, 3.05) is 19.8 Å². The van der Waals surface area contributed by atoms with Crippen LogP contribution in [-0.4, -0.2) is 44.7 Å². The average molecular weight is 383 g/mol. The standard InChI is InChI=1S/C21H25N3O4/c1-2-21-22-9-10-24(21)12-18-11-20(28-23-18)8-5-16-3-6-19(7-4-16)27-15-17(13-25)14-26/h3-11,17,25-26H,2,12-15H2,1H3/b8-5+. The number of hydrogen-bond donors (Lipinski definition) is 2. The van der Waals surface area contributed by atoms with Gasteiger partial charge < -0.3 is 24.0 Å². The molecule has 3 rings (SSSR count). The van der Waals surface area contributed by atoms with Gasteiger partial charge in [0.2, 0.25) is 0 Å². The second-order valence-electron chi connectivity index (χ2n) is 6.49. The van der Waals surface area contributed by atoms with E-state index in [0.717, 1.165) is 23.5 Å². The number of aromatic nitrogens is 3. The summed E-state index contributed by atoms with van der Waals surface area (Å²) in [5.41, 5.74) is 1.84. The van der Waals surface area contributed by atoms with Gasteiger partial charge >= 0.3 is 0 Å². The van der Waals surface area contributed by atoms with Crippen molar-refractivity contribution in [1.82, 2.24) is 14.7 Å². The first-order valence-corrected chi connectivity index (χ1v) is 9.30. The normalized spacial score (nSPS) is 11.6. The van der Waals surface area contributed by atoms with Crippen molar-refractivity contribution in [3.8, 4) is 5.75 Å². The fourth-order valence-corrected chi connectivity index (χ4v) is 2.68. The van der Waals surface area contributed by atoms with Crippen LogP contribution >= 0.6 is 0 Å². The number of benzene rings is 1. The number of nitrogens with zero attached hydrogens (tertiary/aromatic N) is 3. The third-order valence-electron chi connectivity index (χ3n) is 4.35. The van der Waals surface area contributed by atoms with E-state index in [1.54, 1.807) is 6.20 Å². The molecular weight excluding hydrogens is 358 g/mol. The van der Waals surface area contributed by atoms with E-state index >= 15 is 0 Å². The van der Waals surface area contributed by atoms with Crippen LogP contribution in [0.4, 0.5) is 0 Å². The maximum absolute atomic E-state index is 9.06. The minimum Gasteiger partial charge on any atom is -0.493 e. The van der Waals surface area contributed by atoms with E-state index in [0.29, 0.717) is 18.1 Å². The summed E-state index contributed by atoms with van der Waals surface area (Å²) in [4.78, 5) is 4.31. The van der Waals surface area contributed by atoms with Crippen LogP contribution in [0.25, 0.3) is 12.2 Å². The number of rotatable bonds is 10. The number of aliphatic hydroxyl groups is 2. The van der Waals surface area contributed by atoms with Gasteiger partial charge in [-0.3, -0.25) is 0 Å². The summed E-state index contributed by atoms with van der Waals surface area (Å²) in [7, 11) is 0. The molecule has 0 aliphatic rings. The van der Waals surface area contributed by atoms with E-state index in [1.165, 1.54) is 0 Å². The molecule has 0 bridgehead atoms. The summed E-state index contributed by atoms with van der Waals surface area (Å²) in [6, 6.07) is 9.46. The highest BCUT2D eigenvalue weighted by molar-refractivity contribution is 5.67. The largest absolute Gasteiger partial charge is 0.493 e. The number of aliphatic hydroxyl groups excluding tert-OH is 2. The summed E-state index contributed by atoms with van der Waals surface area (Å²) in [5, 5.41) is 22.2. The lowest BCUT2D eigenvalue weighted by atomic mass is 10.2. The van der Waals surface area contributed by atoms with Crippen molar-refractivity contribution in [1.29, 1.82) is 0 Å². The molecule has 0 fully saturated rings. The molecule has 7 nitrogen and oxygen atoms in total. The second-order valence-corrected chi connectivity index (χ2v) is 6.49. The van der Waals surface area contributed by atoms with Crippen LogP contribution in [0.5, 0.6) is 5.75 Å². The van der Waals surface area contributed by atoms with Gasteiger partial charge in [0.25, 0.3) is 0 Å². The molecule has 0 spiro atoms. The molecule has 0 saturated carbocycles. The number of imidazole rings is 1. The predicted octanol–water partition coefficient (Wildman–Crippen LogP) is 2.63. The van der Waals surface area contributed by atoms with E-state index in [2.05, 4.69) is 21.6 Å². The fraction of sp³-hybridized carbons (Fsp3) is 0.333. The Morgan fingerprint density at radius 2 is 1.96 bits per heavy atom. The van der Waals surface area contributed by atoms with E-state index in [1.807, 2.05) is 48.7 Å². The van der Waals surface area contributed by atoms with E-state index in [4.69, 9.17) is 19.5 Å². The summed E-state index contributed by atoms with van der Waals surface area (Å²) < 4.78 is 13.0. The minimum absolute atomic E-state index is 0.100. The van der Waals surface area contributed by atoms with Gasteiger partial charge in [-0.25, -0.2) is 4.98 Å². The quantitative estimate of drug-likeness (QED) is 0.559. The van der Waals surface area contributed by atoms with Crippen molar-refractivity contribution in [2.45, 2.75) is 19.9 Å².